The zero-order chi connectivity index (χ0) is 22.0. The molecule has 4 rings (SSSR count). The lowest BCUT2D eigenvalue weighted by Crippen LogP contribution is -2.54. The van der Waals surface area contributed by atoms with Crippen LogP contribution in [0.5, 0.6) is 0 Å². The normalized spacial score (nSPS) is 20.8. The van der Waals surface area contributed by atoms with E-state index in [0.717, 1.165) is 24.5 Å². The van der Waals surface area contributed by atoms with E-state index in [1.807, 2.05) is 16.3 Å². The van der Waals surface area contributed by atoms with Crippen LogP contribution < -0.4 is 10.2 Å². The highest BCUT2D eigenvalue weighted by Gasteiger charge is 2.49. The van der Waals surface area contributed by atoms with Crippen molar-refractivity contribution in [1.82, 2.24) is 9.80 Å². The van der Waals surface area contributed by atoms with Crippen molar-refractivity contribution in [2.24, 2.45) is 0 Å². The summed E-state index contributed by atoms with van der Waals surface area (Å²) in [6, 6.07) is 8.01. The Hall–Kier alpha value is -2.43. The molecule has 1 aromatic heterocycles. The number of anilines is 2. The summed E-state index contributed by atoms with van der Waals surface area (Å²) < 4.78 is 41.4. The van der Waals surface area contributed by atoms with Crippen LogP contribution >= 0.6 is 11.3 Å². The summed E-state index contributed by atoms with van der Waals surface area (Å²) in [6.45, 7) is 3.39. The van der Waals surface area contributed by atoms with E-state index < -0.39 is 30.5 Å². The minimum atomic E-state index is -4.72. The first-order valence-corrected chi connectivity index (χ1v) is 10.9. The summed E-state index contributed by atoms with van der Waals surface area (Å²) in [5, 5.41) is 4.52. The molecule has 2 amide bonds. The highest BCUT2D eigenvalue weighted by molar-refractivity contribution is 7.09. The van der Waals surface area contributed by atoms with E-state index in [0.29, 0.717) is 13.1 Å². The summed E-state index contributed by atoms with van der Waals surface area (Å²) in [5.41, 5.74) is 0.297. The number of para-hydroxylation sites is 2. The largest absolute Gasteiger partial charge is 0.409 e. The molecule has 2 aliphatic rings. The molecule has 10 heteroatoms. The quantitative estimate of drug-likeness (QED) is 0.775. The van der Waals surface area contributed by atoms with Crippen molar-refractivity contribution in [1.29, 1.82) is 0 Å². The SMILES string of the molecule is O=C1CC(C(F)(F)F)N(C(=O)CN2CCN(Cc3cccs3)CC2)c2ccccc2N1. The number of rotatable bonds is 4. The molecule has 6 nitrogen and oxygen atoms in total. The first-order chi connectivity index (χ1) is 14.8. The number of thiophene rings is 1. The van der Waals surface area contributed by atoms with Gasteiger partial charge in [-0.25, -0.2) is 0 Å². The maximum Gasteiger partial charge on any atom is 0.409 e. The lowest BCUT2D eigenvalue weighted by Gasteiger charge is -2.37. The summed E-state index contributed by atoms with van der Waals surface area (Å²) in [6.07, 6.45) is -5.54. The van der Waals surface area contributed by atoms with Crippen LogP contribution in [-0.2, 0) is 16.1 Å². The average molecular weight is 453 g/mol. The molecule has 1 saturated heterocycles. The minimum Gasteiger partial charge on any atom is -0.324 e. The fourth-order valence-corrected chi connectivity index (χ4v) is 4.74. The monoisotopic (exact) mass is 452 g/mol. The second-order valence-electron chi connectivity index (χ2n) is 7.72. The third-order valence-corrected chi connectivity index (χ3v) is 6.42. The zero-order valence-electron chi connectivity index (χ0n) is 16.8. The molecule has 1 atom stereocenters. The summed E-state index contributed by atoms with van der Waals surface area (Å²) in [5.74, 6) is -1.41. The number of alkyl halides is 3. The van der Waals surface area contributed by atoms with Crippen molar-refractivity contribution in [2.45, 2.75) is 25.2 Å². The summed E-state index contributed by atoms with van der Waals surface area (Å²) >= 11 is 1.69. The molecule has 1 unspecified atom stereocenters. The van der Waals surface area contributed by atoms with E-state index in [1.165, 1.54) is 17.0 Å². The Morgan fingerprint density at radius 1 is 1.06 bits per heavy atom. The molecule has 3 heterocycles. The van der Waals surface area contributed by atoms with Gasteiger partial charge in [0.15, 0.2) is 0 Å². The minimum absolute atomic E-state index is 0.0806. The number of hydrogen-bond donors (Lipinski definition) is 1. The third-order valence-electron chi connectivity index (χ3n) is 5.56. The lowest BCUT2D eigenvalue weighted by atomic mass is 10.1. The Kier molecular flexibility index (Phi) is 6.31. The Labute approximate surface area is 182 Å². The molecule has 0 spiro atoms. The maximum atomic E-state index is 13.8. The lowest BCUT2D eigenvalue weighted by molar-refractivity contribution is -0.158. The number of fused-ring (bicyclic) bond motifs is 1. The second kappa shape index (κ2) is 8.97. The molecule has 0 aliphatic carbocycles. The number of carbonyl (C=O) groups is 2. The van der Waals surface area contributed by atoms with Crippen molar-refractivity contribution < 1.29 is 22.8 Å². The summed E-state index contributed by atoms with van der Waals surface area (Å²) in [7, 11) is 0. The molecular weight excluding hydrogens is 429 g/mol. The molecule has 1 fully saturated rings. The fourth-order valence-electron chi connectivity index (χ4n) is 3.99. The molecular formula is C21H23F3N4O2S. The van der Waals surface area contributed by atoms with Gasteiger partial charge in [-0.2, -0.15) is 13.2 Å². The van der Waals surface area contributed by atoms with Crippen molar-refractivity contribution in [3.8, 4) is 0 Å². The van der Waals surface area contributed by atoms with Crippen LogP contribution in [-0.4, -0.2) is 66.6 Å². The Bertz CT molecular complexity index is 927. The molecule has 2 aliphatic heterocycles. The highest BCUT2D eigenvalue weighted by atomic mass is 32.1. The number of piperazine rings is 1. The molecule has 0 radical (unpaired) electrons. The van der Waals surface area contributed by atoms with Gasteiger partial charge < -0.3 is 5.32 Å². The molecule has 166 valence electrons. The fraction of sp³-hybridized carbons (Fsp3) is 0.429. The molecule has 0 saturated carbocycles. The highest BCUT2D eigenvalue weighted by Crippen LogP contribution is 2.37. The van der Waals surface area contributed by atoms with Gasteiger partial charge in [0.25, 0.3) is 0 Å². The molecule has 1 N–H and O–H groups in total. The van der Waals surface area contributed by atoms with Crippen molar-refractivity contribution >= 4 is 34.5 Å². The topological polar surface area (TPSA) is 55.9 Å². The van der Waals surface area contributed by atoms with Crippen LogP contribution in [0.4, 0.5) is 24.5 Å². The van der Waals surface area contributed by atoms with Crippen molar-refractivity contribution in [3.05, 3.63) is 46.7 Å². The van der Waals surface area contributed by atoms with E-state index in [2.05, 4.69) is 16.3 Å². The Morgan fingerprint density at radius 3 is 2.45 bits per heavy atom. The van der Waals surface area contributed by atoms with Gasteiger partial charge in [-0.3, -0.25) is 24.3 Å². The van der Waals surface area contributed by atoms with E-state index in [9.17, 15) is 22.8 Å². The number of hydrogen-bond acceptors (Lipinski definition) is 5. The number of amides is 2. The van der Waals surface area contributed by atoms with Gasteiger partial charge in [0.1, 0.15) is 6.04 Å². The number of nitrogens with one attached hydrogen (secondary N) is 1. The van der Waals surface area contributed by atoms with Crippen LogP contribution in [0.25, 0.3) is 0 Å². The van der Waals surface area contributed by atoms with Crippen molar-refractivity contribution in [2.75, 3.05) is 42.9 Å². The van der Waals surface area contributed by atoms with Gasteiger partial charge in [0, 0.05) is 37.6 Å². The number of halogens is 3. The van der Waals surface area contributed by atoms with E-state index >= 15 is 0 Å². The van der Waals surface area contributed by atoms with E-state index in [-0.39, 0.29) is 17.9 Å². The zero-order valence-corrected chi connectivity index (χ0v) is 17.6. The van der Waals surface area contributed by atoms with Crippen LogP contribution in [0.2, 0.25) is 0 Å². The third kappa shape index (κ3) is 5.08. The van der Waals surface area contributed by atoms with E-state index in [4.69, 9.17) is 0 Å². The van der Waals surface area contributed by atoms with Crippen LogP contribution in [0, 0.1) is 0 Å². The number of carbonyl (C=O) groups excluding carboxylic acids is 2. The van der Waals surface area contributed by atoms with Crippen LogP contribution in [0.3, 0.4) is 0 Å². The summed E-state index contributed by atoms with van der Waals surface area (Å²) in [4.78, 5) is 31.3. The number of nitrogens with zero attached hydrogens (tertiary/aromatic N) is 3. The number of benzene rings is 1. The van der Waals surface area contributed by atoms with Gasteiger partial charge in [-0.1, -0.05) is 18.2 Å². The second-order valence-corrected chi connectivity index (χ2v) is 8.75. The molecule has 1 aromatic carbocycles. The smallest absolute Gasteiger partial charge is 0.324 e. The van der Waals surface area contributed by atoms with Crippen LogP contribution in [0.1, 0.15) is 11.3 Å². The van der Waals surface area contributed by atoms with Gasteiger partial charge in [0.2, 0.25) is 11.8 Å². The maximum absolute atomic E-state index is 13.8. The average Bonchev–Trinajstić information content (AvgIpc) is 3.16. The molecule has 31 heavy (non-hydrogen) atoms. The van der Waals surface area contributed by atoms with E-state index in [1.54, 1.807) is 23.5 Å². The molecule has 0 bridgehead atoms. The molecule has 2 aromatic rings. The Balaban J connectivity index is 1.47. The van der Waals surface area contributed by atoms with Gasteiger partial charge in [-0.15, -0.1) is 11.3 Å². The van der Waals surface area contributed by atoms with Crippen molar-refractivity contribution in [3.63, 3.8) is 0 Å². The van der Waals surface area contributed by atoms with Gasteiger partial charge in [0.05, 0.1) is 24.3 Å². The predicted octanol–water partition coefficient (Wildman–Crippen LogP) is 3.17. The van der Waals surface area contributed by atoms with Gasteiger partial charge >= 0.3 is 6.18 Å². The first-order valence-electron chi connectivity index (χ1n) is 10.1. The van der Waals surface area contributed by atoms with Crippen LogP contribution in [0.15, 0.2) is 41.8 Å². The first kappa shape index (κ1) is 21.8. The predicted molar refractivity (Wildman–Crippen MR) is 113 cm³/mol. The van der Waals surface area contributed by atoms with Gasteiger partial charge in [-0.05, 0) is 23.6 Å². The standard InChI is InChI=1S/C21H23F3N4O2S/c22-21(23,24)18-12-19(29)25-16-5-1-2-6-17(16)28(18)20(30)14-27-9-7-26(8-10-27)13-15-4-3-11-31-15/h1-6,11,18H,7-10,12-14H2,(H,25,29). The Morgan fingerprint density at radius 2 is 1.77 bits per heavy atom.